The van der Waals surface area contributed by atoms with Crippen molar-refractivity contribution >= 4 is 5.78 Å². The predicted molar refractivity (Wildman–Crippen MR) is 78.3 cm³/mol. The molecule has 0 N–H and O–H groups in total. The van der Waals surface area contributed by atoms with Gasteiger partial charge in [-0.1, -0.05) is 44.0 Å². The van der Waals surface area contributed by atoms with Crippen LogP contribution in [0.5, 0.6) is 0 Å². The third kappa shape index (κ3) is 2.75. The first-order valence-corrected chi connectivity index (χ1v) is 7.88. The SMILES string of the molecule is CCCc1ccc(C(=O)CC2CC3CCC2C3)cc1. The van der Waals surface area contributed by atoms with Gasteiger partial charge in [0.2, 0.25) is 0 Å². The number of benzene rings is 1. The molecule has 0 aliphatic heterocycles. The molecule has 0 aromatic heterocycles. The number of rotatable bonds is 5. The fraction of sp³-hybridized carbons (Fsp3) is 0.611. The van der Waals surface area contributed by atoms with E-state index in [2.05, 4.69) is 19.1 Å². The minimum Gasteiger partial charge on any atom is -0.294 e. The molecule has 3 atom stereocenters. The van der Waals surface area contributed by atoms with Gasteiger partial charge >= 0.3 is 0 Å². The molecular weight excluding hydrogens is 232 g/mol. The third-order valence-corrected chi connectivity index (χ3v) is 5.15. The summed E-state index contributed by atoms with van der Waals surface area (Å²) < 4.78 is 0. The maximum absolute atomic E-state index is 12.3. The summed E-state index contributed by atoms with van der Waals surface area (Å²) in [5.74, 6) is 2.84. The van der Waals surface area contributed by atoms with Gasteiger partial charge in [-0.2, -0.15) is 0 Å². The standard InChI is InChI=1S/C18H24O/c1-2-3-13-4-7-15(8-5-13)18(19)12-17-11-14-6-9-16(17)10-14/h4-5,7-8,14,16-17H,2-3,6,9-12H2,1H3. The Morgan fingerprint density at radius 2 is 1.95 bits per heavy atom. The Labute approximate surface area is 116 Å². The summed E-state index contributed by atoms with van der Waals surface area (Å²) in [6.07, 6.45) is 8.56. The molecule has 1 heteroatoms. The number of aryl methyl sites for hydroxylation is 1. The minimum atomic E-state index is 0.362. The van der Waals surface area contributed by atoms with Gasteiger partial charge in [0.25, 0.3) is 0 Å². The van der Waals surface area contributed by atoms with E-state index in [0.29, 0.717) is 11.7 Å². The highest BCUT2D eigenvalue weighted by molar-refractivity contribution is 5.96. The Kier molecular flexibility index (Phi) is 3.72. The van der Waals surface area contributed by atoms with Crippen LogP contribution in [0, 0.1) is 17.8 Å². The van der Waals surface area contributed by atoms with Crippen molar-refractivity contribution in [3.8, 4) is 0 Å². The number of Topliss-reactive ketones (excluding diaryl/α,β-unsaturated/α-hetero) is 1. The zero-order valence-corrected chi connectivity index (χ0v) is 11.9. The lowest BCUT2D eigenvalue weighted by molar-refractivity contribution is 0.0944. The van der Waals surface area contributed by atoms with Gasteiger partial charge in [0.1, 0.15) is 0 Å². The molecular formula is C18H24O. The van der Waals surface area contributed by atoms with Crippen LogP contribution in [0.25, 0.3) is 0 Å². The first kappa shape index (κ1) is 12.9. The van der Waals surface area contributed by atoms with Crippen LogP contribution < -0.4 is 0 Å². The van der Waals surface area contributed by atoms with Crippen molar-refractivity contribution in [1.82, 2.24) is 0 Å². The number of hydrogen-bond acceptors (Lipinski definition) is 1. The number of carbonyl (C=O) groups is 1. The van der Waals surface area contributed by atoms with E-state index < -0.39 is 0 Å². The summed E-state index contributed by atoms with van der Waals surface area (Å²) in [5.41, 5.74) is 2.27. The average molecular weight is 256 g/mol. The molecule has 2 aliphatic carbocycles. The monoisotopic (exact) mass is 256 g/mol. The molecule has 0 heterocycles. The van der Waals surface area contributed by atoms with Crippen molar-refractivity contribution < 1.29 is 4.79 Å². The third-order valence-electron chi connectivity index (χ3n) is 5.15. The lowest BCUT2D eigenvalue weighted by Gasteiger charge is -2.20. The zero-order valence-electron chi connectivity index (χ0n) is 11.9. The van der Waals surface area contributed by atoms with Crippen LogP contribution in [0.1, 0.15) is 61.4 Å². The fourth-order valence-electron chi connectivity index (χ4n) is 4.13. The molecule has 2 aliphatic rings. The molecule has 2 bridgehead atoms. The molecule has 1 aromatic rings. The second-order valence-corrected chi connectivity index (χ2v) is 6.51. The highest BCUT2D eigenvalue weighted by atomic mass is 16.1. The highest BCUT2D eigenvalue weighted by Crippen LogP contribution is 2.49. The van der Waals surface area contributed by atoms with Crippen LogP contribution in [-0.2, 0) is 6.42 Å². The Hall–Kier alpha value is -1.11. The van der Waals surface area contributed by atoms with Gasteiger partial charge in [0.05, 0.1) is 0 Å². The highest BCUT2D eigenvalue weighted by Gasteiger charge is 2.40. The van der Waals surface area contributed by atoms with Crippen molar-refractivity contribution in [2.75, 3.05) is 0 Å². The van der Waals surface area contributed by atoms with Crippen LogP contribution in [0.4, 0.5) is 0 Å². The van der Waals surface area contributed by atoms with Gasteiger partial charge in [-0.3, -0.25) is 4.79 Å². The fourth-order valence-corrected chi connectivity index (χ4v) is 4.13. The van der Waals surface area contributed by atoms with E-state index in [1.165, 1.54) is 37.7 Å². The maximum atomic E-state index is 12.3. The molecule has 0 spiro atoms. The summed E-state index contributed by atoms with van der Waals surface area (Å²) in [6, 6.07) is 8.30. The summed E-state index contributed by atoms with van der Waals surface area (Å²) in [6.45, 7) is 2.19. The molecule has 0 amide bonds. The first-order chi connectivity index (χ1) is 9.26. The van der Waals surface area contributed by atoms with E-state index in [1.54, 1.807) is 0 Å². The van der Waals surface area contributed by atoms with Crippen LogP contribution in [0.3, 0.4) is 0 Å². The summed E-state index contributed by atoms with van der Waals surface area (Å²) in [7, 11) is 0. The number of fused-ring (bicyclic) bond motifs is 2. The van der Waals surface area contributed by atoms with E-state index in [4.69, 9.17) is 0 Å². The molecule has 1 nitrogen and oxygen atoms in total. The minimum absolute atomic E-state index is 0.362. The quantitative estimate of drug-likeness (QED) is 0.701. The van der Waals surface area contributed by atoms with Crippen LogP contribution >= 0.6 is 0 Å². The molecule has 3 rings (SSSR count). The van der Waals surface area contributed by atoms with Crippen LogP contribution in [0.2, 0.25) is 0 Å². The Balaban J connectivity index is 1.60. The van der Waals surface area contributed by atoms with E-state index in [0.717, 1.165) is 30.2 Å². The summed E-state index contributed by atoms with van der Waals surface area (Å²) in [5, 5.41) is 0. The number of hydrogen-bond donors (Lipinski definition) is 0. The zero-order chi connectivity index (χ0) is 13.2. The topological polar surface area (TPSA) is 17.1 Å². The number of ketones is 1. The maximum Gasteiger partial charge on any atom is 0.163 e. The molecule has 0 radical (unpaired) electrons. The number of carbonyl (C=O) groups excluding carboxylic acids is 1. The summed E-state index contributed by atoms with van der Waals surface area (Å²) in [4.78, 5) is 12.3. The van der Waals surface area contributed by atoms with Crippen LogP contribution in [-0.4, -0.2) is 5.78 Å². The van der Waals surface area contributed by atoms with E-state index in [-0.39, 0.29) is 0 Å². The van der Waals surface area contributed by atoms with Crippen molar-refractivity contribution in [2.45, 2.75) is 51.9 Å². The lowest BCUT2D eigenvalue weighted by atomic mass is 9.84. The van der Waals surface area contributed by atoms with Crippen molar-refractivity contribution in [3.05, 3.63) is 35.4 Å². The molecule has 3 unspecified atom stereocenters. The normalized spacial score (nSPS) is 28.8. The largest absolute Gasteiger partial charge is 0.294 e. The van der Waals surface area contributed by atoms with Gasteiger partial charge in [0.15, 0.2) is 5.78 Å². The second-order valence-electron chi connectivity index (χ2n) is 6.51. The van der Waals surface area contributed by atoms with Crippen molar-refractivity contribution in [1.29, 1.82) is 0 Å². The van der Waals surface area contributed by atoms with Crippen molar-refractivity contribution in [2.24, 2.45) is 17.8 Å². The predicted octanol–water partition coefficient (Wildman–Crippen LogP) is 4.65. The Morgan fingerprint density at radius 3 is 2.53 bits per heavy atom. The molecule has 2 fully saturated rings. The van der Waals surface area contributed by atoms with Gasteiger partial charge in [-0.25, -0.2) is 0 Å². The molecule has 2 saturated carbocycles. The average Bonchev–Trinajstić information content (AvgIpc) is 3.02. The smallest absolute Gasteiger partial charge is 0.163 e. The Bertz CT molecular complexity index is 445. The summed E-state index contributed by atoms with van der Waals surface area (Å²) >= 11 is 0. The molecule has 19 heavy (non-hydrogen) atoms. The second kappa shape index (κ2) is 5.48. The molecule has 1 aromatic carbocycles. The molecule has 102 valence electrons. The molecule has 0 saturated heterocycles. The lowest BCUT2D eigenvalue weighted by Crippen LogP contribution is -2.15. The van der Waals surface area contributed by atoms with E-state index in [1.807, 2.05) is 12.1 Å². The van der Waals surface area contributed by atoms with Gasteiger partial charge in [0, 0.05) is 12.0 Å². The van der Waals surface area contributed by atoms with Crippen molar-refractivity contribution in [3.63, 3.8) is 0 Å². The van der Waals surface area contributed by atoms with Gasteiger partial charge in [-0.15, -0.1) is 0 Å². The van der Waals surface area contributed by atoms with E-state index >= 15 is 0 Å². The van der Waals surface area contributed by atoms with Gasteiger partial charge in [-0.05, 0) is 49.0 Å². The van der Waals surface area contributed by atoms with Gasteiger partial charge < -0.3 is 0 Å². The van der Waals surface area contributed by atoms with E-state index in [9.17, 15) is 4.79 Å². The Morgan fingerprint density at radius 1 is 1.16 bits per heavy atom. The van der Waals surface area contributed by atoms with Crippen LogP contribution in [0.15, 0.2) is 24.3 Å². The first-order valence-electron chi connectivity index (χ1n) is 7.88.